The standard InChI is InChI=1S/C11H20N2O/c1-3-12-6-4-11(8-12)5-7-13(9-11)10(2)14/h3-9H2,1-2H3. The van der Waals surface area contributed by atoms with Crippen LogP contribution in [0.4, 0.5) is 0 Å². The maximum atomic E-state index is 11.2. The van der Waals surface area contributed by atoms with E-state index in [1.54, 1.807) is 6.92 Å². The highest BCUT2D eigenvalue weighted by Gasteiger charge is 2.43. The van der Waals surface area contributed by atoms with Crippen LogP contribution in [-0.4, -0.2) is 48.4 Å². The SMILES string of the molecule is CCN1CCC2(CCN(C(C)=O)C2)C1. The van der Waals surface area contributed by atoms with Gasteiger partial charge in [0.2, 0.25) is 5.91 Å². The molecule has 1 spiro atoms. The summed E-state index contributed by atoms with van der Waals surface area (Å²) in [5.41, 5.74) is 0.446. The van der Waals surface area contributed by atoms with Crippen molar-refractivity contribution in [2.75, 3.05) is 32.7 Å². The number of carbonyl (C=O) groups is 1. The van der Waals surface area contributed by atoms with Gasteiger partial charge in [-0.2, -0.15) is 0 Å². The number of amides is 1. The van der Waals surface area contributed by atoms with E-state index >= 15 is 0 Å². The van der Waals surface area contributed by atoms with Gasteiger partial charge in [-0.3, -0.25) is 4.79 Å². The van der Waals surface area contributed by atoms with E-state index in [0.29, 0.717) is 5.41 Å². The number of hydrogen-bond donors (Lipinski definition) is 0. The number of likely N-dealkylation sites (tertiary alicyclic amines) is 2. The molecular weight excluding hydrogens is 176 g/mol. The zero-order valence-electron chi connectivity index (χ0n) is 9.25. The van der Waals surface area contributed by atoms with E-state index in [1.165, 1.54) is 25.9 Å². The van der Waals surface area contributed by atoms with E-state index in [2.05, 4.69) is 11.8 Å². The molecule has 2 aliphatic heterocycles. The van der Waals surface area contributed by atoms with E-state index in [9.17, 15) is 4.79 Å². The minimum Gasteiger partial charge on any atom is -0.342 e. The lowest BCUT2D eigenvalue weighted by molar-refractivity contribution is -0.128. The monoisotopic (exact) mass is 196 g/mol. The highest BCUT2D eigenvalue weighted by Crippen LogP contribution is 2.39. The molecule has 0 radical (unpaired) electrons. The van der Waals surface area contributed by atoms with Crippen LogP contribution in [0.15, 0.2) is 0 Å². The van der Waals surface area contributed by atoms with E-state index in [0.717, 1.165) is 19.6 Å². The van der Waals surface area contributed by atoms with Crippen molar-refractivity contribution in [3.05, 3.63) is 0 Å². The van der Waals surface area contributed by atoms with Crippen LogP contribution in [0.1, 0.15) is 26.7 Å². The Bertz CT molecular complexity index is 241. The maximum absolute atomic E-state index is 11.2. The van der Waals surface area contributed by atoms with E-state index in [4.69, 9.17) is 0 Å². The van der Waals surface area contributed by atoms with Crippen molar-refractivity contribution in [1.29, 1.82) is 0 Å². The van der Waals surface area contributed by atoms with Gasteiger partial charge in [-0.15, -0.1) is 0 Å². The van der Waals surface area contributed by atoms with Gasteiger partial charge in [0, 0.05) is 32.0 Å². The summed E-state index contributed by atoms with van der Waals surface area (Å²) in [4.78, 5) is 15.8. The van der Waals surface area contributed by atoms with E-state index < -0.39 is 0 Å². The number of nitrogens with zero attached hydrogens (tertiary/aromatic N) is 2. The molecule has 0 bridgehead atoms. The molecule has 0 N–H and O–H groups in total. The lowest BCUT2D eigenvalue weighted by Crippen LogP contribution is -2.32. The van der Waals surface area contributed by atoms with Crippen LogP contribution in [0.5, 0.6) is 0 Å². The van der Waals surface area contributed by atoms with Crippen molar-refractivity contribution >= 4 is 5.91 Å². The summed E-state index contributed by atoms with van der Waals surface area (Å²) in [6.45, 7) is 9.46. The molecule has 0 aromatic rings. The molecule has 0 aromatic heterocycles. The molecule has 80 valence electrons. The van der Waals surface area contributed by atoms with Gasteiger partial charge in [-0.25, -0.2) is 0 Å². The lowest BCUT2D eigenvalue weighted by atomic mass is 9.86. The van der Waals surface area contributed by atoms with Gasteiger partial charge >= 0.3 is 0 Å². The fourth-order valence-corrected chi connectivity index (χ4v) is 2.83. The van der Waals surface area contributed by atoms with Crippen LogP contribution in [0.2, 0.25) is 0 Å². The molecule has 2 rings (SSSR count). The first kappa shape index (κ1) is 9.97. The first-order chi connectivity index (χ1) is 6.65. The topological polar surface area (TPSA) is 23.6 Å². The van der Waals surface area contributed by atoms with Crippen molar-refractivity contribution < 1.29 is 4.79 Å². The van der Waals surface area contributed by atoms with Gasteiger partial charge in [0.1, 0.15) is 0 Å². The number of rotatable bonds is 1. The van der Waals surface area contributed by atoms with Crippen LogP contribution in [0.25, 0.3) is 0 Å². The average Bonchev–Trinajstić information content (AvgIpc) is 2.74. The second-order valence-electron chi connectivity index (χ2n) is 4.81. The van der Waals surface area contributed by atoms with Gasteiger partial charge in [0.25, 0.3) is 0 Å². The minimum atomic E-state index is 0.247. The normalized spacial score (nSPS) is 33.1. The Morgan fingerprint density at radius 1 is 1.29 bits per heavy atom. The summed E-state index contributed by atoms with van der Waals surface area (Å²) in [7, 11) is 0. The average molecular weight is 196 g/mol. The van der Waals surface area contributed by atoms with Gasteiger partial charge in [0.05, 0.1) is 0 Å². The zero-order chi connectivity index (χ0) is 10.2. The highest BCUT2D eigenvalue weighted by atomic mass is 16.2. The molecule has 0 aromatic carbocycles. The molecule has 14 heavy (non-hydrogen) atoms. The second kappa shape index (κ2) is 3.54. The molecular formula is C11H20N2O. The van der Waals surface area contributed by atoms with Crippen LogP contribution < -0.4 is 0 Å². The minimum absolute atomic E-state index is 0.247. The Morgan fingerprint density at radius 3 is 2.50 bits per heavy atom. The maximum Gasteiger partial charge on any atom is 0.219 e. The molecule has 2 saturated heterocycles. The summed E-state index contributed by atoms with van der Waals surface area (Å²) in [5.74, 6) is 0.247. The molecule has 0 saturated carbocycles. The fourth-order valence-electron chi connectivity index (χ4n) is 2.83. The summed E-state index contributed by atoms with van der Waals surface area (Å²) < 4.78 is 0. The Labute approximate surface area is 86.1 Å². The van der Waals surface area contributed by atoms with E-state index in [1.807, 2.05) is 4.90 Å². The summed E-state index contributed by atoms with van der Waals surface area (Å²) in [6, 6.07) is 0. The molecule has 2 aliphatic rings. The second-order valence-corrected chi connectivity index (χ2v) is 4.81. The molecule has 3 heteroatoms. The predicted molar refractivity (Wildman–Crippen MR) is 56.0 cm³/mol. The molecule has 0 aliphatic carbocycles. The largest absolute Gasteiger partial charge is 0.342 e. The summed E-state index contributed by atoms with van der Waals surface area (Å²) in [6.07, 6.45) is 2.49. The molecule has 1 amide bonds. The summed E-state index contributed by atoms with van der Waals surface area (Å²) in [5, 5.41) is 0. The van der Waals surface area contributed by atoms with Gasteiger partial charge < -0.3 is 9.80 Å². The third-order valence-corrected chi connectivity index (χ3v) is 3.85. The van der Waals surface area contributed by atoms with Crippen LogP contribution in [0, 0.1) is 5.41 Å². The fraction of sp³-hybridized carbons (Fsp3) is 0.909. The van der Waals surface area contributed by atoms with Crippen molar-refractivity contribution in [2.45, 2.75) is 26.7 Å². The number of carbonyl (C=O) groups excluding carboxylic acids is 1. The molecule has 1 unspecified atom stereocenters. The first-order valence-electron chi connectivity index (χ1n) is 5.63. The van der Waals surface area contributed by atoms with Gasteiger partial charge in [-0.1, -0.05) is 6.92 Å². The van der Waals surface area contributed by atoms with Crippen molar-refractivity contribution in [3.63, 3.8) is 0 Å². The van der Waals surface area contributed by atoms with Crippen LogP contribution in [0.3, 0.4) is 0 Å². The molecule has 2 heterocycles. The van der Waals surface area contributed by atoms with E-state index in [-0.39, 0.29) is 5.91 Å². The van der Waals surface area contributed by atoms with Crippen LogP contribution in [-0.2, 0) is 4.79 Å². The molecule has 1 atom stereocenters. The predicted octanol–water partition coefficient (Wildman–Crippen LogP) is 0.951. The third-order valence-electron chi connectivity index (χ3n) is 3.85. The smallest absolute Gasteiger partial charge is 0.219 e. The van der Waals surface area contributed by atoms with Crippen molar-refractivity contribution in [3.8, 4) is 0 Å². The number of hydrogen-bond acceptors (Lipinski definition) is 2. The third kappa shape index (κ3) is 1.65. The Kier molecular flexibility index (Phi) is 2.52. The Morgan fingerprint density at radius 2 is 2.00 bits per heavy atom. The zero-order valence-corrected chi connectivity index (χ0v) is 9.25. The molecule has 3 nitrogen and oxygen atoms in total. The Balaban J connectivity index is 1.97. The van der Waals surface area contributed by atoms with Gasteiger partial charge in [-0.05, 0) is 25.9 Å². The Hall–Kier alpha value is -0.570. The van der Waals surface area contributed by atoms with Crippen molar-refractivity contribution in [1.82, 2.24) is 9.80 Å². The quantitative estimate of drug-likeness (QED) is 0.623. The van der Waals surface area contributed by atoms with Gasteiger partial charge in [0.15, 0.2) is 0 Å². The highest BCUT2D eigenvalue weighted by molar-refractivity contribution is 5.73. The van der Waals surface area contributed by atoms with Crippen LogP contribution >= 0.6 is 0 Å². The summed E-state index contributed by atoms with van der Waals surface area (Å²) >= 11 is 0. The first-order valence-corrected chi connectivity index (χ1v) is 5.63. The molecule has 2 fully saturated rings. The lowest BCUT2D eigenvalue weighted by Gasteiger charge is -2.23. The van der Waals surface area contributed by atoms with Crippen molar-refractivity contribution in [2.24, 2.45) is 5.41 Å².